The molecule has 1 aromatic carbocycles. The van der Waals surface area contributed by atoms with E-state index in [0.717, 1.165) is 30.9 Å². The highest BCUT2D eigenvalue weighted by Gasteiger charge is 2.39. The largest absolute Gasteiger partial charge is 0.378 e. The maximum absolute atomic E-state index is 13.3. The highest BCUT2D eigenvalue weighted by molar-refractivity contribution is 7.15. The molecule has 3 aliphatic rings. The number of thiophene rings is 1. The summed E-state index contributed by atoms with van der Waals surface area (Å²) >= 11 is 1.83. The Morgan fingerprint density at radius 1 is 1.21 bits per heavy atom. The van der Waals surface area contributed by atoms with E-state index in [1.54, 1.807) is 0 Å². The third-order valence-corrected chi connectivity index (χ3v) is 8.52. The monoisotopic (exact) mass is 463 g/mol. The lowest BCUT2D eigenvalue weighted by molar-refractivity contribution is -0.139. The number of aromatic nitrogens is 3. The molecule has 8 heteroatoms. The van der Waals surface area contributed by atoms with Crippen LogP contribution in [-0.4, -0.2) is 51.9 Å². The van der Waals surface area contributed by atoms with Gasteiger partial charge in [-0.1, -0.05) is 31.2 Å². The molecule has 1 N–H and O–H groups in total. The van der Waals surface area contributed by atoms with Gasteiger partial charge in [-0.15, -0.1) is 21.5 Å². The van der Waals surface area contributed by atoms with Gasteiger partial charge in [-0.25, -0.2) is 0 Å². The standard InChI is InChI=1S/C25H29N5O2S/c1-3-16-6-4-5-7-18(16)23-22-19-12-17(24(31)29-8-10-32-11-9-29)13-20(19)33-25(22)30-15(2)27-28-21(30)14-26-23/h4-7,17,23,26H,3,8-14H2,1-2H3/t17-,23-/m0/s1. The minimum atomic E-state index is 0.0291. The third-order valence-electron chi connectivity index (χ3n) is 7.26. The smallest absolute Gasteiger partial charge is 0.226 e. The zero-order chi connectivity index (χ0) is 22.5. The SMILES string of the molecule is CCc1ccccc1[C@@H]1NCc2nnc(C)n2-c2sc3c(c21)C[C@H](C(=O)N1CCOCC1)C3. The van der Waals surface area contributed by atoms with Crippen LogP contribution in [0.25, 0.3) is 5.00 Å². The van der Waals surface area contributed by atoms with E-state index >= 15 is 0 Å². The number of amides is 1. The molecule has 0 spiro atoms. The van der Waals surface area contributed by atoms with Crippen LogP contribution in [0.1, 0.15) is 51.7 Å². The van der Waals surface area contributed by atoms with Gasteiger partial charge in [0.1, 0.15) is 10.8 Å². The minimum absolute atomic E-state index is 0.0291. The molecule has 2 aromatic heterocycles. The first-order valence-electron chi connectivity index (χ1n) is 11.9. The molecule has 1 amide bonds. The Hall–Kier alpha value is -2.55. The summed E-state index contributed by atoms with van der Waals surface area (Å²) in [6.07, 6.45) is 2.61. The fourth-order valence-corrected chi connectivity index (χ4v) is 7.12. The number of ether oxygens (including phenoxy) is 1. The summed E-state index contributed by atoms with van der Waals surface area (Å²) in [5.41, 5.74) is 5.34. The van der Waals surface area contributed by atoms with Crippen molar-refractivity contribution in [2.75, 3.05) is 26.3 Å². The van der Waals surface area contributed by atoms with Gasteiger partial charge < -0.3 is 9.64 Å². The lowest BCUT2D eigenvalue weighted by Gasteiger charge is -2.29. The molecular weight excluding hydrogens is 434 g/mol. The van der Waals surface area contributed by atoms with Crippen LogP contribution in [-0.2, 0) is 35.3 Å². The van der Waals surface area contributed by atoms with Crippen LogP contribution in [0.4, 0.5) is 0 Å². The number of morpholine rings is 1. The number of hydrogen-bond acceptors (Lipinski definition) is 6. The number of nitrogens with zero attached hydrogens (tertiary/aromatic N) is 4. The van der Waals surface area contributed by atoms with Crippen molar-refractivity contribution in [3.05, 3.63) is 63.0 Å². The maximum atomic E-state index is 13.3. The number of benzene rings is 1. The predicted octanol–water partition coefficient (Wildman–Crippen LogP) is 2.97. The Morgan fingerprint density at radius 2 is 2.03 bits per heavy atom. The molecule has 1 aliphatic carbocycles. The molecule has 3 aromatic rings. The second-order valence-corrected chi connectivity index (χ2v) is 10.2. The van der Waals surface area contributed by atoms with Gasteiger partial charge in [0.2, 0.25) is 5.91 Å². The zero-order valence-electron chi connectivity index (χ0n) is 19.1. The van der Waals surface area contributed by atoms with Crippen molar-refractivity contribution in [3.63, 3.8) is 0 Å². The highest BCUT2D eigenvalue weighted by Crippen LogP contribution is 2.46. The van der Waals surface area contributed by atoms with Crippen molar-refractivity contribution in [2.45, 2.75) is 45.7 Å². The topological polar surface area (TPSA) is 72.3 Å². The molecule has 0 bridgehead atoms. The Bertz CT molecular complexity index is 1210. The van der Waals surface area contributed by atoms with E-state index in [1.165, 1.54) is 32.1 Å². The Labute approximate surface area is 197 Å². The number of carbonyl (C=O) groups excluding carboxylic acids is 1. The van der Waals surface area contributed by atoms with Crippen molar-refractivity contribution in [1.29, 1.82) is 0 Å². The summed E-state index contributed by atoms with van der Waals surface area (Å²) in [6, 6.07) is 8.80. The molecule has 0 radical (unpaired) electrons. The average molecular weight is 464 g/mol. The molecule has 4 heterocycles. The van der Waals surface area contributed by atoms with Gasteiger partial charge in [-0.05, 0) is 42.9 Å². The summed E-state index contributed by atoms with van der Waals surface area (Å²) in [5.74, 6) is 2.18. The molecule has 7 nitrogen and oxygen atoms in total. The number of rotatable bonds is 3. The van der Waals surface area contributed by atoms with Crippen molar-refractivity contribution in [1.82, 2.24) is 25.0 Å². The van der Waals surface area contributed by atoms with Gasteiger partial charge in [0.05, 0.1) is 25.8 Å². The number of fused-ring (bicyclic) bond motifs is 5. The normalized spacial score (nSPS) is 21.9. The van der Waals surface area contributed by atoms with Crippen molar-refractivity contribution in [2.24, 2.45) is 5.92 Å². The van der Waals surface area contributed by atoms with E-state index in [2.05, 4.69) is 51.3 Å². The molecule has 2 atom stereocenters. The van der Waals surface area contributed by atoms with E-state index in [9.17, 15) is 4.79 Å². The molecule has 0 saturated carbocycles. The number of hydrogen-bond donors (Lipinski definition) is 1. The van der Waals surface area contributed by atoms with Gasteiger partial charge in [0.15, 0.2) is 5.82 Å². The number of aryl methyl sites for hydroxylation is 2. The third kappa shape index (κ3) is 3.43. The predicted molar refractivity (Wildman–Crippen MR) is 127 cm³/mol. The molecular formula is C25H29N5O2S. The summed E-state index contributed by atoms with van der Waals surface area (Å²) in [7, 11) is 0. The lowest BCUT2D eigenvalue weighted by atomic mass is 9.91. The van der Waals surface area contributed by atoms with Gasteiger partial charge in [0.25, 0.3) is 0 Å². The van der Waals surface area contributed by atoms with Gasteiger partial charge in [0, 0.05) is 29.4 Å². The summed E-state index contributed by atoms with van der Waals surface area (Å²) in [5, 5.41) is 13.8. The number of nitrogens with one attached hydrogen (secondary N) is 1. The van der Waals surface area contributed by atoms with Gasteiger partial charge >= 0.3 is 0 Å². The van der Waals surface area contributed by atoms with E-state index in [1.807, 2.05) is 23.2 Å². The van der Waals surface area contributed by atoms with Crippen LogP contribution in [0.3, 0.4) is 0 Å². The Morgan fingerprint density at radius 3 is 2.85 bits per heavy atom. The maximum Gasteiger partial charge on any atom is 0.226 e. The van der Waals surface area contributed by atoms with E-state index < -0.39 is 0 Å². The summed E-state index contributed by atoms with van der Waals surface area (Å²) < 4.78 is 7.68. The second-order valence-electron chi connectivity index (χ2n) is 9.13. The lowest BCUT2D eigenvalue weighted by Crippen LogP contribution is -2.44. The van der Waals surface area contributed by atoms with Gasteiger partial charge in [-0.3, -0.25) is 14.7 Å². The summed E-state index contributed by atoms with van der Waals surface area (Å²) in [4.78, 5) is 16.6. The fraction of sp³-hybridized carbons (Fsp3) is 0.480. The van der Waals surface area contributed by atoms with E-state index in [4.69, 9.17) is 4.74 Å². The Balaban J connectivity index is 1.43. The van der Waals surface area contributed by atoms with Crippen LogP contribution in [0.5, 0.6) is 0 Å². The molecule has 1 fully saturated rings. The molecule has 33 heavy (non-hydrogen) atoms. The number of carbonyl (C=O) groups is 1. The zero-order valence-corrected chi connectivity index (χ0v) is 20.0. The molecule has 2 aliphatic heterocycles. The van der Waals surface area contributed by atoms with Crippen molar-refractivity contribution < 1.29 is 9.53 Å². The highest BCUT2D eigenvalue weighted by atomic mass is 32.1. The first kappa shape index (κ1) is 21.0. The van der Waals surface area contributed by atoms with Crippen LogP contribution in [0.2, 0.25) is 0 Å². The van der Waals surface area contributed by atoms with Gasteiger partial charge in [-0.2, -0.15) is 0 Å². The van der Waals surface area contributed by atoms with Crippen molar-refractivity contribution in [3.8, 4) is 5.00 Å². The molecule has 6 rings (SSSR count). The first-order chi connectivity index (χ1) is 16.2. The average Bonchev–Trinajstić information content (AvgIpc) is 3.49. The summed E-state index contributed by atoms with van der Waals surface area (Å²) in [6.45, 7) is 7.60. The molecule has 0 unspecified atom stereocenters. The van der Waals surface area contributed by atoms with Crippen LogP contribution >= 0.6 is 11.3 Å². The minimum Gasteiger partial charge on any atom is -0.378 e. The second kappa shape index (κ2) is 8.34. The van der Waals surface area contributed by atoms with Crippen LogP contribution in [0.15, 0.2) is 24.3 Å². The van der Waals surface area contributed by atoms with E-state index in [-0.39, 0.29) is 17.9 Å². The van der Waals surface area contributed by atoms with Crippen LogP contribution < -0.4 is 5.32 Å². The van der Waals surface area contributed by atoms with Crippen LogP contribution in [0, 0.1) is 12.8 Å². The first-order valence-corrected chi connectivity index (χ1v) is 12.7. The Kier molecular flexibility index (Phi) is 5.31. The molecule has 172 valence electrons. The van der Waals surface area contributed by atoms with Crippen molar-refractivity contribution >= 4 is 17.2 Å². The fourth-order valence-electron chi connectivity index (χ4n) is 5.61. The quantitative estimate of drug-likeness (QED) is 0.647. The van der Waals surface area contributed by atoms with E-state index in [0.29, 0.717) is 32.8 Å². The molecule has 1 saturated heterocycles.